The Balaban J connectivity index is 1.56. The van der Waals surface area contributed by atoms with Gasteiger partial charge in [0.2, 0.25) is 0 Å². The van der Waals surface area contributed by atoms with E-state index in [9.17, 15) is 4.79 Å². The van der Waals surface area contributed by atoms with Crippen molar-refractivity contribution in [1.29, 1.82) is 0 Å². The molecule has 0 unspecified atom stereocenters. The number of carbonyl (C=O) groups excluding carboxylic acids is 1. The van der Waals surface area contributed by atoms with Gasteiger partial charge in [0, 0.05) is 24.6 Å². The van der Waals surface area contributed by atoms with Gasteiger partial charge in [-0.25, -0.2) is 4.98 Å². The number of hydrogen-bond acceptors (Lipinski definition) is 4. The average molecular weight is 310 g/mol. The van der Waals surface area contributed by atoms with Crippen LogP contribution in [0.3, 0.4) is 0 Å². The molecule has 2 aromatic rings. The second kappa shape index (κ2) is 7.33. The van der Waals surface area contributed by atoms with E-state index in [1.807, 2.05) is 12.1 Å². The van der Waals surface area contributed by atoms with Crippen molar-refractivity contribution < 1.29 is 4.79 Å². The largest absolute Gasteiger partial charge is 0.321 e. The molecule has 1 aliphatic heterocycles. The maximum atomic E-state index is 12.0. The average Bonchev–Trinajstić information content (AvgIpc) is 2.59. The Labute approximate surface area is 136 Å². The van der Waals surface area contributed by atoms with E-state index in [-0.39, 0.29) is 5.91 Å². The number of anilines is 1. The van der Waals surface area contributed by atoms with Crippen LogP contribution in [0.25, 0.3) is 0 Å². The number of piperidine rings is 1. The van der Waals surface area contributed by atoms with Gasteiger partial charge in [0.1, 0.15) is 5.69 Å². The first-order valence-electron chi connectivity index (χ1n) is 8.09. The second-order valence-corrected chi connectivity index (χ2v) is 6.20. The summed E-state index contributed by atoms with van der Waals surface area (Å²) in [6.45, 7) is 5.65. The lowest BCUT2D eigenvalue weighted by molar-refractivity contribution is 0.102. The van der Waals surface area contributed by atoms with Gasteiger partial charge in [-0.15, -0.1) is 0 Å². The molecule has 5 heteroatoms. The minimum absolute atomic E-state index is 0.240. The summed E-state index contributed by atoms with van der Waals surface area (Å²) in [5, 5.41) is 2.84. The zero-order chi connectivity index (χ0) is 16.1. The van der Waals surface area contributed by atoms with E-state index in [1.165, 1.54) is 43.9 Å². The van der Waals surface area contributed by atoms with E-state index >= 15 is 0 Å². The van der Waals surface area contributed by atoms with Crippen molar-refractivity contribution in [3.05, 3.63) is 54.1 Å². The van der Waals surface area contributed by atoms with Crippen LogP contribution in [0.4, 0.5) is 5.69 Å². The standard InChI is InChI=1S/C18H22N4O/c1-14-6-10-22(11-7-14)13-15-2-4-16(5-3-15)21-18(23)17-12-19-8-9-20-17/h2-5,8-9,12,14H,6-7,10-11,13H2,1H3,(H,21,23). The van der Waals surface area contributed by atoms with Crippen LogP contribution in [0.5, 0.6) is 0 Å². The number of amides is 1. The number of hydrogen-bond donors (Lipinski definition) is 1. The van der Waals surface area contributed by atoms with Crippen LogP contribution in [0.15, 0.2) is 42.9 Å². The van der Waals surface area contributed by atoms with E-state index in [2.05, 4.69) is 39.2 Å². The number of rotatable bonds is 4. The lowest BCUT2D eigenvalue weighted by Gasteiger charge is -2.30. The minimum atomic E-state index is -0.240. The second-order valence-electron chi connectivity index (χ2n) is 6.20. The normalized spacial score (nSPS) is 16.2. The van der Waals surface area contributed by atoms with Gasteiger partial charge in [0.15, 0.2) is 0 Å². The molecule has 1 N–H and O–H groups in total. The molecule has 0 atom stereocenters. The van der Waals surface area contributed by atoms with E-state index in [0.717, 1.165) is 18.2 Å². The molecule has 0 aliphatic carbocycles. The van der Waals surface area contributed by atoms with E-state index < -0.39 is 0 Å². The summed E-state index contributed by atoms with van der Waals surface area (Å²) in [5.74, 6) is 0.612. The molecule has 0 spiro atoms. The minimum Gasteiger partial charge on any atom is -0.321 e. The number of benzene rings is 1. The monoisotopic (exact) mass is 310 g/mol. The Morgan fingerprint density at radius 1 is 1.22 bits per heavy atom. The van der Waals surface area contributed by atoms with Crippen molar-refractivity contribution in [2.75, 3.05) is 18.4 Å². The summed E-state index contributed by atoms with van der Waals surface area (Å²) >= 11 is 0. The van der Waals surface area contributed by atoms with Crippen LogP contribution in [0, 0.1) is 5.92 Å². The highest BCUT2D eigenvalue weighted by Gasteiger charge is 2.15. The van der Waals surface area contributed by atoms with E-state index in [1.54, 1.807) is 6.20 Å². The highest BCUT2D eigenvalue weighted by molar-refractivity contribution is 6.02. The van der Waals surface area contributed by atoms with Crippen LogP contribution in [-0.2, 0) is 6.54 Å². The fraction of sp³-hybridized carbons (Fsp3) is 0.389. The molecule has 1 aliphatic rings. The van der Waals surface area contributed by atoms with Gasteiger partial charge in [-0.3, -0.25) is 14.7 Å². The lowest BCUT2D eigenvalue weighted by Crippen LogP contribution is -2.32. The zero-order valence-corrected chi connectivity index (χ0v) is 13.4. The lowest BCUT2D eigenvalue weighted by atomic mass is 9.99. The smallest absolute Gasteiger partial charge is 0.275 e. The molecule has 0 bridgehead atoms. The summed E-state index contributed by atoms with van der Waals surface area (Å²) < 4.78 is 0. The predicted molar refractivity (Wildman–Crippen MR) is 90.1 cm³/mol. The molecule has 3 rings (SSSR count). The first-order chi connectivity index (χ1) is 11.2. The van der Waals surface area contributed by atoms with Gasteiger partial charge in [0.25, 0.3) is 5.91 Å². The molecule has 0 radical (unpaired) electrons. The van der Waals surface area contributed by atoms with Gasteiger partial charge in [0.05, 0.1) is 6.20 Å². The Morgan fingerprint density at radius 3 is 2.61 bits per heavy atom. The first-order valence-corrected chi connectivity index (χ1v) is 8.09. The van der Waals surface area contributed by atoms with Gasteiger partial charge in [-0.05, 0) is 49.5 Å². The molecule has 23 heavy (non-hydrogen) atoms. The molecule has 2 heterocycles. The molecule has 5 nitrogen and oxygen atoms in total. The summed E-state index contributed by atoms with van der Waals surface area (Å²) in [5.41, 5.74) is 2.37. The van der Waals surface area contributed by atoms with Crippen molar-refractivity contribution in [2.24, 2.45) is 5.92 Å². The maximum Gasteiger partial charge on any atom is 0.275 e. The van der Waals surface area contributed by atoms with Gasteiger partial charge in [-0.2, -0.15) is 0 Å². The van der Waals surface area contributed by atoms with Crippen LogP contribution >= 0.6 is 0 Å². The Hall–Kier alpha value is -2.27. The molecular weight excluding hydrogens is 288 g/mol. The van der Waals surface area contributed by atoms with Crippen molar-refractivity contribution in [3.8, 4) is 0 Å². The third-order valence-electron chi connectivity index (χ3n) is 4.29. The first kappa shape index (κ1) is 15.6. The summed E-state index contributed by atoms with van der Waals surface area (Å²) in [4.78, 5) is 22.4. The molecule has 1 aromatic carbocycles. The van der Waals surface area contributed by atoms with Crippen LogP contribution < -0.4 is 5.32 Å². The summed E-state index contributed by atoms with van der Waals surface area (Å²) in [6.07, 6.45) is 7.09. The number of likely N-dealkylation sites (tertiary alicyclic amines) is 1. The Kier molecular flexibility index (Phi) is 4.98. The molecule has 1 amide bonds. The molecule has 1 saturated heterocycles. The SMILES string of the molecule is CC1CCN(Cc2ccc(NC(=O)c3cnccn3)cc2)CC1. The third kappa shape index (κ3) is 4.36. The topological polar surface area (TPSA) is 58.1 Å². The number of carbonyl (C=O) groups is 1. The predicted octanol–water partition coefficient (Wildman–Crippen LogP) is 2.96. The maximum absolute atomic E-state index is 12.0. The van der Waals surface area contributed by atoms with Gasteiger partial charge in [-0.1, -0.05) is 19.1 Å². The fourth-order valence-electron chi connectivity index (χ4n) is 2.78. The number of nitrogens with zero attached hydrogens (tertiary/aromatic N) is 3. The number of aromatic nitrogens is 2. The Morgan fingerprint density at radius 2 is 1.96 bits per heavy atom. The van der Waals surface area contributed by atoms with Gasteiger partial charge >= 0.3 is 0 Å². The van der Waals surface area contributed by atoms with Crippen molar-refractivity contribution in [2.45, 2.75) is 26.3 Å². The van der Waals surface area contributed by atoms with Gasteiger partial charge < -0.3 is 5.32 Å². The van der Waals surface area contributed by atoms with Crippen molar-refractivity contribution in [3.63, 3.8) is 0 Å². The fourth-order valence-corrected chi connectivity index (χ4v) is 2.78. The molecule has 1 aromatic heterocycles. The zero-order valence-electron chi connectivity index (χ0n) is 13.4. The molecular formula is C18H22N4O. The van der Waals surface area contributed by atoms with Crippen molar-refractivity contribution in [1.82, 2.24) is 14.9 Å². The Bertz CT molecular complexity index is 634. The highest BCUT2D eigenvalue weighted by atomic mass is 16.1. The quantitative estimate of drug-likeness (QED) is 0.943. The van der Waals surface area contributed by atoms with Crippen LogP contribution in [0.2, 0.25) is 0 Å². The third-order valence-corrected chi connectivity index (χ3v) is 4.29. The summed E-state index contributed by atoms with van der Waals surface area (Å²) in [7, 11) is 0. The highest BCUT2D eigenvalue weighted by Crippen LogP contribution is 2.19. The summed E-state index contributed by atoms with van der Waals surface area (Å²) in [6, 6.07) is 8.03. The van der Waals surface area contributed by atoms with Crippen molar-refractivity contribution >= 4 is 11.6 Å². The van der Waals surface area contributed by atoms with E-state index in [0.29, 0.717) is 5.69 Å². The number of nitrogens with one attached hydrogen (secondary N) is 1. The molecule has 120 valence electrons. The molecule has 1 fully saturated rings. The molecule has 0 saturated carbocycles. The van der Waals surface area contributed by atoms with Crippen LogP contribution in [-0.4, -0.2) is 33.9 Å². The van der Waals surface area contributed by atoms with Crippen LogP contribution in [0.1, 0.15) is 35.8 Å². The van der Waals surface area contributed by atoms with E-state index in [4.69, 9.17) is 0 Å².